The second kappa shape index (κ2) is 10.7. The third-order valence-electron chi connectivity index (χ3n) is 6.72. The maximum Gasteiger partial charge on any atom is 0.290 e. The van der Waals surface area contributed by atoms with Gasteiger partial charge in [0.1, 0.15) is 0 Å². The lowest BCUT2D eigenvalue weighted by molar-refractivity contribution is -0.126. The van der Waals surface area contributed by atoms with Gasteiger partial charge in [-0.3, -0.25) is 30.0 Å². The second-order valence-electron chi connectivity index (χ2n) is 9.20. The van der Waals surface area contributed by atoms with E-state index in [0.29, 0.717) is 17.3 Å². The molecule has 1 fully saturated rings. The standard InChI is InChI=1S/C27H31N5O4/c1-4-5-8-14-32-27(36)21-12-7-6-11-20(21)24(30-32)26(35)29-28-25(34)19-15-23(33)31(16-19)22-13-9-10-17(2)18(22)3/h6-7,9-13,19H,4-5,8,14-16H2,1-3H3,(H,28,34)(H,29,35). The molecule has 188 valence electrons. The first-order valence-electron chi connectivity index (χ1n) is 12.3. The normalized spacial score (nSPS) is 15.4. The van der Waals surface area contributed by atoms with Crippen LogP contribution in [-0.4, -0.2) is 34.0 Å². The Morgan fingerprint density at radius 2 is 1.75 bits per heavy atom. The van der Waals surface area contributed by atoms with Crippen molar-refractivity contribution in [3.8, 4) is 0 Å². The zero-order valence-corrected chi connectivity index (χ0v) is 20.8. The van der Waals surface area contributed by atoms with Gasteiger partial charge in [-0.25, -0.2) is 4.68 Å². The molecule has 0 aliphatic carbocycles. The summed E-state index contributed by atoms with van der Waals surface area (Å²) >= 11 is 0. The van der Waals surface area contributed by atoms with Gasteiger partial charge in [-0.2, -0.15) is 5.10 Å². The molecule has 2 aromatic carbocycles. The first-order chi connectivity index (χ1) is 17.3. The van der Waals surface area contributed by atoms with Crippen molar-refractivity contribution in [2.75, 3.05) is 11.4 Å². The minimum atomic E-state index is -0.625. The number of hydrogen-bond acceptors (Lipinski definition) is 5. The lowest BCUT2D eigenvalue weighted by Gasteiger charge is -2.20. The van der Waals surface area contributed by atoms with Crippen LogP contribution in [0.2, 0.25) is 0 Å². The molecule has 2 heterocycles. The number of hydrazine groups is 1. The summed E-state index contributed by atoms with van der Waals surface area (Å²) in [5.41, 5.74) is 7.53. The van der Waals surface area contributed by atoms with Gasteiger partial charge in [0.2, 0.25) is 11.8 Å². The van der Waals surface area contributed by atoms with Gasteiger partial charge in [0.15, 0.2) is 5.69 Å². The fourth-order valence-corrected chi connectivity index (χ4v) is 4.49. The number of benzene rings is 2. The monoisotopic (exact) mass is 489 g/mol. The number of fused-ring (bicyclic) bond motifs is 1. The van der Waals surface area contributed by atoms with Crippen LogP contribution in [0.1, 0.15) is 54.2 Å². The van der Waals surface area contributed by atoms with Crippen molar-refractivity contribution in [3.05, 3.63) is 69.6 Å². The quantitative estimate of drug-likeness (QED) is 0.391. The van der Waals surface area contributed by atoms with Crippen molar-refractivity contribution in [2.45, 2.75) is 53.0 Å². The minimum Gasteiger partial charge on any atom is -0.311 e. The summed E-state index contributed by atoms with van der Waals surface area (Å²) in [5, 5.41) is 5.12. The molecule has 0 saturated carbocycles. The van der Waals surface area contributed by atoms with E-state index in [2.05, 4.69) is 22.9 Å². The van der Waals surface area contributed by atoms with Gasteiger partial charge in [0, 0.05) is 30.6 Å². The van der Waals surface area contributed by atoms with E-state index in [9.17, 15) is 19.2 Å². The molecule has 36 heavy (non-hydrogen) atoms. The molecule has 9 heteroatoms. The van der Waals surface area contributed by atoms with E-state index < -0.39 is 17.7 Å². The third-order valence-corrected chi connectivity index (χ3v) is 6.72. The summed E-state index contributed by atoms with van der Waals surface area (Å²) < 4.78 is 1.31. The predicted octanol–water partition coefficient (Wildman–Crippen LogP) is 3.02. The molecule has 0 spiro atoms. The van der Waals surface area contributed by atoms with Crippen LogP contribution in [0.5, 0.6) is 0 Å². The molecule has 4 rings (SSSR count). The molecule has 0 bridgehead atoms. The average molecular weight is 490 g/mol. The maximum atomic E-state index is 13.0. The lowest BCUT2D eigenvalue weighted by Crippen LogP contribution is -2.46. The summed E-state index contributed by atoms with van der Waals surface area (Å²) in [6, 6.07) is 12.5. The van der Waals surface area contributed by atoms with Crippen molar-refractivity contribution in [2.24, 2.45) is 5.92 Å². The van der Waals surface area contributed by atoms with Gasteiger partial charge in [-0.05, 0) is 43.5 Å². The summed E-state index contributed by atoms with van der Waals surface area (Å²) in [4.78, 5) is 53.0. The van der Waals surface area contributed by atoms with E-state index in [1.807, 2.05) is 32.0 Å². The first kappa shape index (κ1) is 25.1. The molecule has 0 radical (unpaired) electrons. The number of nitrogens with zero attached hydrogens (tertiary/aromatic N) is 3. The molecule has 1 unspecified atom stereocenters. The zero-order chi connectivity index (χ0) is 25.8. The lowest BCUT2D eigenvalue weighted by atomic mass is 10.1. The van der Waals surface area contributed by atoms with Gasteiger partial charge >= 0.3 is 0 Å². The van der Waals surface area contributed by atoms with Crippen LogP contribution in [0.25, 0.3) is 10.8 Å². The van der Waals surface area contributed by atoms with Crippen LogP contribution in [0.3, 0.4) is 0 Å². The molecule has 9 nitrogen and oxygen atoms in total. The Hall–Kier alpha value is -4.01. The molecule has 1 aromatic heterocycles. The predicted molar refractivity (Wildman–Crippen MR) is 138 cm³/mol. The number of anilines is 1. The Labute approximate surface area is 209 Å². The van der Waals surface area contributed by atoms with Crippen molar-refractivity contribution in [1.82, 2.24) is 20.6 Å². The fourth-order valence-electron chi connectivity index (χ4n) is 4.49. The van der Waals surface area contributed by atoms with Crippen LogP contribution < -0.4 is 21.3 Å². The van der Waals surface area contributed by atoms with Gasteiger partial charge in [0.25, 0.3) is 11.5 Å². The van der Waals surface area contributed by atoms with Gasteiger partial charge in [0.05, 0.1) is 11.3 Å². The number of aromatic nitrogens is 2. The van der Waals surface area contributed by atoms with Crippen molar-refractivity contribution in [1.29, 1.82) is 0 Å². The average Bonchev–Trinajstić information content (AvgIpc) is 3.27. The van der Waals surface area contributed by atoms with Gasteiger partial charge < -0.3 is 4.90 Å². The van der Waals surface area contributed by atoms with E-state index in [4.69, 9.17) is 0 Å². The molecule has 3 aromatic rings. The molecular weight excluding hydrogens is 458 g/mol. The summed E-state index contributed by atoms with van der Waals surface area (Å²) in [6.07, 6.45) is 2.76. The number of nitrogens with one attached hydrogen (secondary N) is 2. The molecular formula is C27H31N5O4. The Bertz CT molecular complexity index is 1380. The van der Waals surface area contributed by atoms with Crippen LogP contribution in [0, 0.1) is 19.8 Å². The smallest absolute Gasteiger partial charge is 0.290 e. The number of carbonyl (C=O) groups excluding carboxylic acids is 3. The van der Waals surface area contributed by atoms with E-state index >= 15 is 0 Å². The largest absolute Gasteiger partial charge is 0.311 e. The summed E-state index contributed by atoms with van der Waals surface area (Å²) in [5.74, 6) is -1.82. The number of carbonyl (C=O) groups is 3. The Kier molecular flexibility index (Phi) is 7.47. The van der Waals surface area contributed by atoms with E-state index in [0.717, 1.165) is 36.1 Å². The Balaban J connectivity index is 1.48. The van der Waals surface area contributed by atoms with Crippen LogP contribution in [-0.2, 0) is 16.1 Å². The topological polar surface area (TPSA) is 113 Å². The number of rotatable bonds is 7. The van der Waals surface area contributed by atoms with E-state index in [1.165, 1.54) is 4.68 Å². The SMILES string of the molecule is CCCCCn1nc(C(=O)NNC(=O)C2CC(=O)N(c3cccc(C)c3C)C2)c2ccccc2c1=O. The number of aryl methyl sites for hydroxylation is 2. The fraction of sp³-hybridized carbons (Fsp3) is 0.370. The van der Waals surface area contributed by atoms with Gasteiger partial charge in [-0.15, -0.1) is 0 Å². The van der Waals surface area contributed by atoms with E-state index in [1.54, 1.807) is 29.2 Å². The van der Waals surface area contributed by atoms with Crippen LogP contribution in [0.4, 0.5) is 5.69 Å². The highest BCUT2D eigenvalue weighted by atomic mass is 16.2. The highest BCUT2D eigenvalue weighted by Gasteiger charge is 2.36. The molecule has 1 aliphatic rings. The molecule has 1 aliphatic heterocycles. The summed E-state index contributed by atoms with van der Waals surface area (Å²) in [6.45, 7) is 6.63. The maximum absolute atomic E-state index is 13.0. The molecule has 2 N–H and O–H groups in total. The summed E-state index contributed by atoms with van der Waals surface area (Å²) in [7, 11) is 0. The number of amides is 3. The zero-order valence-electron chi connectivity index (χ0n) is 20.8. The van der Waals surface area contributed by atoms with E-state index in [-0.39, 0.29) is 30.1 Å². The van der Waals surface area contributed by atoms with Crippen molar-refractivity contribution < 1.29 is 14.4 Å². The van der Waals surface area contributed by atoms with Crippen LogP contribution >= 0.6 is 0 Å². The molecule has 3 amide bonds. The molecule has 1 atom stereocenters. The highest BCUT2D eigenvalue weighted by molar-refractivity contribution is 6.06. The Morgan fingerprint density at radius 3 is 2.50 bits per heavy atom. The third kappa shape index (κ3) is 5.00. The van der Waals surface area contributed by atoms with Crippen molar-refractivity contribution in [3.63, 3.8) is 0 Å². The van der Waals surface area contributed by atoms with Gasteiger partial charge in [-0.1, -0.05) is 50.1 Å². The van der Waals surface area contributed by atoms with Crippen molar-refractivity contribution >= 4 is 34.2 Å². The second-order valence-corrected chi connectivity index (χ2v) is 9.20. The first-order valence-corrected chi connectivity index (χ1v) is 12.3. The van der Waals surface area contributed by atoms with Crippen LogP contribution in [0.15, 0.2) is 47.3 Å². The minimum absolute atomic E-state index is 0.0541. The number of hydrogen-bond donors (Lipinski definition) is 2. The molecule has 1 saturated heterocycles. The number of unbranched alkanes of at least 4 members (excludes halogenated alkanes) is 2. The highest BCUT2D eigenvalue weighted by Crippen LogP contribution is 2.29. The Morgan fingerprint density at radius 1 is 1.00 bits per heavy atom.